The number of hydrogen-bond acceptors (Lipinski definition) is 1. The quantitative estimate of drug-likeness (QED) is 0.839. The van der Waals surface area contributed by atoms with Gasteiger partial charge in [-0.15, -0.1) is 0 Å². The molecule has 0 aliphatic carbocycles. The van der Waals surface area contributed by atoms with Crippen molar-refractivity contribution in [2.24, 2.45) is 7.05 Å². The van der Waals surface area contributed by atoms with Crippen molar-refractivity contribution < 1.29 is 9.90 Å². The molecule has 0 saturated heterocycles. The van der Waals surface area contributed by atoms with Crippen molar-refractivity contribution in [1.82, 2.24) is 4.57 Å². The van der Waals surface area contributed by atoms with E-state index in [4.69, 9.17) is 5.11 Å². The van der Waals surface area contributed by atoms with Crippen molar-refractivity contribution >= 4 is 22.9 Å². The topological polar surface area (TPSA) is 42.2 Å². The Labute approximate surface area is 106 Å². The van der Waals surface area contributed by atoms with Crippen LogP contribution in [0.3, 0.4) is 0 Å². The Bertz CT molecular complexity index is 621. The first kappa shape index (κ1) is 12.4. The number of carboxylic acid groups (broad SMARTS) is 1. The number of carbonyl (C=O) groups is 1. The predicted octanol–water partition coefficient (Wildman–Crippen LogP) is 3.40. The fraction of sp³-hybridized carbons (Fsp3) is 0.267. The Balaban J connectivity index is 2.59. The number of rotatable bonds is 3. The van der Waals surface area contributed by atoms with Crippen molar-refractivity contribution in [2.75, 3.05) is 0 Å². The highest BCUT2D eigenvalue weighted by molar-refractivity contribution is 5.94. The molecule has 2 aromatic rings. The summed E-state index contributed by atoms with van der Waals surface area (Å²) in [5.74, 6) is -0.460. The van der Waals surface area contributed by atoms with E-state index < -0.39 is 5.97 Å². The van der Waals surface area contributed by atoms with Crippen LogP contribution in [0, 0.1) is 0 Å². The van der Waals surface area contributed by atoms with E-state index in [9.17, 15) is 4.79 Å². The van der Waals surface area contributed by atoms with E-state index in [1.54, 1.807) is 6.08 Å². The molecule has 0 saturated carbocycles. The first-order valence-electron chi connectivity index (χ1n) is 5.99. The average Bonchev–Trinajstić information content (AvgIpc) is 2.63. The first-order valence-corrected chi connectivity index (χ1v) is 5.99. The molecule has 0 spiro atoms. The highest BCUT2D eigenvalue weighted by Crippen LogP contribution is 2.26. The van der Waals surface area contributed by atoms with Crippen LogP contribution in [0.25, 0.3) is 17.0 Å². The second-order valence-corrected chi connectivity index (χ2v) is 4.80. The second-order valence-electron chi connectivity index (χ2n) is 4.80. The molecular formula is C15H17NO2. The number of carboxylic acids is 1. The summed E-state index contributed by atoms with van der Waals surface area (Å²) in [6.45, 7) is 4.30. The normalized spacial score (nSPS) is 11.8. The number of hydrogen-bond donors (Lipinski definition) is 1. The largest absolute Gasteiger partial charge is 0.478 e. The smallest absolute Gasteiger partial charge is 0.328 e. The maximum atomic E-state index is 10.6. The fourth-order valence-corrected chi connectivity index (χ4v) is 2.09. The molecule has 0 aliphatic rings. The molecule has 0 amide bonds. The third-order valence-corrected chi connectivity index (χ3v) is 3.12. The predicted molar refractivity (Wildman–Crippen MR) is 73.7 cm³/mol. The number of aromatic nitrogens is 1. The van der Waals surface area contributed by atoms with E-state index in [2.05, 4.69) is 32.0 Å². The molecule has 3 heteroatoms. The van der Waals surface area contributed by atoms with E-state index in [0.29, 0.717) is 5.92 Å². The standard InChI is InChI=1S/C15H17NO2/c1-10(2)11-4-6-14-13(8-11)12(9-16(14)3)5-7-15(17)18/h4-10H,1-3H3,(H,17,18)/b7-5+. The van der Waals surface area contributed by atoms with Gasteiger partial charge >= 0.3 is 5.97 Å². The lowest BCUT2D eigenvalue weighted by Crippen LogP contribution is -1.88. The Morgan fingerprint density at radius 1 is 1.39 bits per heavy atom. The number of benzene rings is 1. The van der Waals surface area contributed by atoms with E-state index in [-0.39, 0.29) is 0 Å². The maximum absolute atomic E-state index is 10.6. The average molecular weight is 243 g/mol. The summed E-state index contributed by atoms with van der Waals surface area (Å²) >= 11 is 0. The van der Waals surface area contributed by atoms with Crippen LogP contribution in [0.1, 0.15) is 30.9 Å². The number of aliphatic carboxylic acids is 1. The van der Waals surface area contributed by atoms with Gasteiger partial charge in [-0.25, -0.2) is 4.79 Å². The third kappa shape index (κ3) is 2.30. The van der Waals surface area contributed by atoms with E-state index >= 15 is 0 Å². The molecule has 0 fully saturated rings. The Kier molecular flexibility index (Phi) is 3.24. The number of fused-ring (bicyclic) bond motifs is 1. The van der Waals surface area contributed by atoms with Crippen molar-refractivity contribution in [3.8, 4) is 0 Å². The van der Waals surface area contributed by atoms with Crippen LogP contribution in [-0.4, -0.2) is 15.6 Å². The fourth-order valence-electron chi connectivity index (χ4n) is 2.09. The zero-order valence-corrected chi connectivity index (χ0v) is 10.8. The molecule has 94 valence electrons. The summed E-state index contributed by atoms with van der Waals surface area (Å²) in [5.41, 5.74) is 3.32. The van der Waals surface area contributed by atoms with Gasteiger partial charge in [-0.05, 0) is 29.7 Å². The van der Waals surface area contributed by atoms with Gasteiger partial charge in [0.25, 0.3) is 0 Å². The zero-order chi connectivity index (χ0) is 13.3. The van der Waals surface area contributed by atoms with Crippen LogP contribution >= 0.6 is 0 Å². The molecule has 1 heterocycles. The number of nitrogens with zero attached hydrogens (tertiary/aromatic N) is 1. The van der Waals surface area contributed by atoms with Gasteiger partial charge in [-0.3, -0.25) is 0 Å². The minimum atomic E-state index is -0.924. The minimum absolute atomic E-state index is 0.464. The van der Waals surface area contributed by atoms with Crippen molar-refractivity contribution in [1.29, 1.82) is 0 Å². The summed E-state index contributed by atoms with van der Waals surface area (Å²) in [6.07, 6.45) is 4.78. The molecule has 0 radical (unpaired) electrons. The SMILES string of the molecule is CC(C)c1ccc2c(c1)c(/C=C/C(=O)O)cn2C. The van der Waals surface area contributed by atoms with Crippen LogP contribution < -0.4 is 0 Å². The lowest BCUT2D eigenvalue weighted by atomic mass is 10.0. The highest BCUT2D eigenvalue weighted by atomic mass is 16.4. The van der Waals surface area contributed by atoms with Crippen LogP contribution in [-0.2, 0) is 11.8 Å². The lowest BCUT2D eigenvalue weighted by Gasteiger charge is -2.05. The molecule has 1 aromatic heterocycles. The molecule has 0 bridgehead atoms. The molecule has 0 unspecified atom stereocenters. The molecule has 1 aromatic carbocycles. The zero-order valence-electron chi connectivity index (χ0n) is 10.8. The van der Waals surface area contributed by atoms with Gasteiger partial charge in [0.15, 0.2) is 0 Å². The van der Waals surface area contributed by atoms with Gasteiger partial charge in [-0.1, -0.05) is 19.9 Å². The third-order valence-electron chi connectivity index (χ3n) is 3.12. The summed E-state index contributed by atoms with van der Waals surface area (Å²) in [4.78, 5) is 10.6. The minimum Gasteiger partial charge on any atom is -0.478 e. The molecule has 2 rings (SSSR count). The van der Waals surface area contributed by atoms with Gasteiger partial charge in [-0.2, -0.15) is 0 Å². The molecular weight excluding hydrogens is 226 g/mol. The van der Waals surface area contributed by atoms with Gasteiger partial charge in [0.05, 0.1) is 0 Å². The van der Waals surface area contributed by atoms with Crippen LogP contribution in [0.2, 0.25) is 0 Å². The summed E-state index contributed by atoms with van der Waals surface area (Å²) in [6, 6.07) is 6.35. The molecule has 3 nitrogen and oxygen atoms in total. The number of aryl methyl sites for hydroxylation is 1. The van der Waals surface area contributed by atoms with E-state index in [0.717, 1.165) is 16.5 Å². The van der Waals surface area contributed by atoms with Gasteiger partial charge in [0, 0.05) is 35.8 Å². The van der Waals surface area contributed by atoms with Crippen molar-refractivity contribution in [2.45, 2.75) is 19.8 Å². The highest BCUT2D eigenvalue weighted by Gasteiger charge is 2.07. The Morgan fingerprint density at radius 3 is 2.72 bits per heavy atom. The molecule has 0 atom stereocenters. The Morgan fingerprint density at radius 2 is 2.11 bits per heavy atom. The summed E-state index contributed by atoms with van der Waals surface area (Å²) in [5, 5.41) is 9.80. The van der Waals surface area contributed by atoms with Crippen molar-refractivity contribution in [3.63, 3.8) is 0 Å². The first-order chi connectivity index (χ1) is 8.49. The van der Waals surface area contributed by atoms with Crippen LogP contribution in [0.4, 0.5) is 0 Å². The molecule has 0 aliphatic heterocycles. The molecule has 18 heavy (non-hydrogen) atoms. The van der Waals surface area contributed by atoms with Gasteiger partial charge < -0.3 is 9.67 Å². The summed E-state index contributed by atoms with van der Waals surface area (Å²) < 4.78 is 2.01. The van der Waals surface area contributed by atoms with Crippen LogP contribution in [0.5, 0.6) is 0 Å². The van der Waals surface area contributed by atoms with Crippen molar-refractivity contribution in [3.05, 3.63) is 41.6 Å². The lowest BCUT2D eigenvalue weighted by molar-refractivity contribution is -0.131. The Hall–Kier alpha value is -2.03. The van der Waals surface area contributed by atoms with Gasteiger partial charge in [0.2, 0.25) is 0 Å². The summed E-state index contributed by atoms with van der Waals surface area (Å²) in [7, 11) is 1.97. The van der Waals surface area contributed by atoms with E-state index in [1.807, 2.05) is 17.8 Å². The van der Waals surface area contributed by atoms with Crippen LogP contribution in [0.15, 0.2) is 30.5 Å². The monoisotopic (exact) mass is 243 g/mol. The molecule has 1 N–H and O–H groups in total. The maximum Gasteiger partial charge on any atom is 0.328 e. The second kappa shape index (κ2) is 4.69. The van der Waals surface area contributed by atoms with Gasteiger partial charge in [0.1, 0.15) is 0 Å². The van der Waals surface area contributed by atoms with E-state index in [1.165, 1.54) is 11.6 Å².